The largest absolute Gasteiger partial charge is 0.456 e. The number of benzene rings is 8. The van der Waals surface area contributed by atoms with Crippen LogP contribution in [0.4, 0.5) is 0 Å². The monoisotopic (exact) mass is 612 g/mol. The second kappa shape index (κ2) is 10.6. The molecule has 0 spiro atoms. The SMILES string of the molecule is c1ccc(-c2cc3cc4oc5c(-c6ccc(-c7c8ccccc8c(-c8ccccc8)c8ccccc78)cc6)cccc5c4cc3o2)cc1. The zero-order valence-corrected chi connectivity index (χ0v) is 26.0. The minimum atomic E-state index is 0.858. The van der Waals surface area contributed by atoms with Crippen LogP contribution in [0.25, 0.3) is 99.2 Å². The predicted molar refractivity (Wildman–Crippen MR) is 200 cm³/mol. The molecule has 2 heterocycles. The molecule has 0 aliphatic rings. The Labute approximate surface area is 277 Å². The van der Waals surface area contributed by atoms with Crippen molar-refractivity contribution < 1.29 is 8.83 Å². The van der Waals surface area contributed by atoms with Crippen LogP contribution in [0.1, 0.15) is 0 Å². The number of hydrogen-bond donors (Lipinski definition) is 0. The Balaban J connectivity index is 1.10. The third kappa shape index (κ3) is 4.13. The number of para-hydroxylation sites is 1. The summed E-state index contributed by atoms with van der Waals surface area (Å²) < 4.78 is 12.9. The van der Waals surface area contributed by atoms with E-state index >= 15 is 0 Å². The second-order valence-corrected chi connectivity index (χ2v) is 12.4. The minimum Gasteiger partial charge on any atom is -0.456 e. The van der Waals surface area contributed by atoms with Crippen LogP contribution in [0.15, 0.2) is 179 Å². The van der Waals surface area contributed by atoms with E-state index in [9.17, 15) is 0 Å². The molecule has 0 radical (unpaired) electrons. The third-order valence-electron chi connectivity index (χ3n) is 9.67. The van der Waals surface area contributed by atoms with E-state index in [1.807, 2.05) is 18.2 Å². The van der Waals surface area contributed by atoms with E-state index in [2.05, 4.69) is 152 Å². The molecule has 0 saturated carbocycles. The van der Waals surface area contributed by atoms with Gasteiger partial charge in [0.05, 0.1) is 0 Å². The van der Waals surface area contributed by atoms with E-state index in [4.69, 9.17) is 8.83 Å². The maximum Gasteiger partial charge on any atom is 0.143 e. The summed E-state index contributed by atoms with van der Waals surface area (Å²) in [7, 11) is 0. The van der Waals surface area contributed by atoms with Crippen molar-refractivity contribution in [1.29, 1.82) is 0 Å². The van der Waals surface area contributed by atoms with Crippen LogP contribution >= 0.6 is 0 Å². The third-order valence-corrected chi connectivity index (χ3v) is 9.67. The summed E-state index contributed by atoms with van der Waals surface area (Å²) in [5, 5.41) is 8.19. The van der Waals surface area contributed by atoms with Crippen LogP contribution in [0.5, 0.6) is 0 Å². The van der Waals surface area contributed by atoms with Gasteiger partial charge in [-0.3, -0.25) is 0 Å². The first-order valence-corrected chi connectivity index (χ1v) is 16.3. The lowest BCUT2D eigenvalue weighted by Gasteiger charge is -2.18. The molecule has 0 aliphatic heterocycles. The molecule has 2 aromatic heterocycles. The zero-order chi connectivity index (χ0) is 31.6. The summed E-state index contributed by atoms with van der Waals surface area (Å²) in [6, 6.07) is 60.2. The Hall–Kier alpha value is -6.38. The molecule has 0 unspecified atom stereocenters. The quantitative estimate of drug-likeness (QED) is 0.185. The predicted octanol–water partition coefficient (Wildman–Crippen LogP) is 13.3. The van der Waals surface area contributed by atoms with Gasteiger partial charge < -0.3 is 8.83 Å². The molecule has 0 bridgehead atoms. The van der Waals surface area contributed by atoms with E-state index in [0.29, 0.717) is 0 Å². The van der Waals surface area contributed by atoms with Crippen molar-refractivity contribution in [2.75, 3.05) is 0 Å². The van der Waals surface area contributed by atoms with Gasteiger partial charge in [-0.15, -0.1) is 0 Å². The van der Waals surface area contributed by atoms with Gasteiger partial charge in [-0.1, -0.05) is 152 Å². The first-order valence-electron chi connectivity index (χ1n) is 16.3. The minimum absolute atomic E-state index is 0.858. The highest BCUT2D eigenvalue weighted by Crippen LogP contribution is 2.44. The second-order valence-electron chi connectivity index (χ2n) is 12.4. The van der Waals surface area contributed by atoms with Crippen molar-refractivity contribution in [3.8, 4) is 44.7 Å². The first-order chi connectivity index (χ1) is 23.8. The maximum atomic E-state index is 6.60. The maximum absolute atomic E-state index is 6.60. The molecule has 2 nitrogen and oxygen atoms in total. The lowest BCUT2D eigenvalue weighted by molar-refractivity contribution is 0.631. The van der Waals surface area contributed by atoms with E-state index in [0.717, 1.165) is 55.4 Å². The lowest BCUT2D eigenvalue weighted by Crippen LogP contribution is -1.90. The van der Waals surface area contributed by atoms with Crippen LogP contribution in [-0.2, 0) is 0 Å². The molecule has 10 rings (SSSR count). The van der Waals surface area contributed by atoms with Crippen molar-refractivity contribution in [2.45, 2.75) is 0 Å². The molecule has 48 heavy (non-hydrogen) atoms. The molecule has 0 fully saturated rings. The average Bonchev–Trinajstić information content (AvgIpc) is 3.74. The van der Waals surface area contributed by atoms with E-state index in [1.165, 1.54) is 43.8 Å². The number of rotatable bonds is 4. The highest BCUT2D eigenvalue weighted by atomic mass is 16.3. The number of furan rings is 2. The number of hydrogen-bond acceptors (Lipinski definition) is 2. The van der Waals surface area contributed by atoms with Gasteiger partial charge in [0, 0.05) is 27.3 Å². The summed E-state index contributed by atoms with van der Waals surface area (Å²) in [6.07, 6.45) is 0. The molecular weight excluding hydrogens is 585 g/mol. The Bertz CT molecular complexity index is 2750. The molecule has 8 aromatic carbocycles. The summed E-state index contributed by atoms with van der Waals surface area (Å²) in [4.78, 5) is 0. The smallest absolute Gasteiger partial charge is 0.143 e. The van der Waals surface area contributed by atoms with Gasteiger partial charge in [0.2, 0.25) is 0 Å². The molecule has 0 amide bonds. The molecule has 0 N–H and O–H groups in total. The average molecular weight is 613 g/mol. The summed E-state index contributed by atoms with van der Waals surface area (Å²) >= 11 is 0. The Kier molecular flexibility index (Phi) is 5.91. The highest BCUT2D eigenvalue weighted by molar-refractivity contribution is 6.21. The highest BCUT2D eigenvalue weighted by Gasteiger charge is 2.18. The van der Waals surface area contributed by atoms with Crippen molar-refractivity contribution in [3.05, 3.63) is 170 Å². The van der Waals surface area contributed by atoms with Gasteiger partial charge in [-0.2, -0.15) is 0 Å². The summed E-state index contributed by atoms with van der Waals surface area (Å²) in [6.45, 7) is 0. The molecule has 224 valence electrons. The molecular formula is C46H28O2. The normalized spacial score (nSPS) is 11.8. The van der Waals surface area contributed by atoms with Crippen LogP contribution in [0.2, 0.25) is 0 Å². The fourth-order valence-corrected chi connectivity index (χ4v) is 7.47. The summed E-state index contributed by atoms with van der Waals surface area (Å²) in [5.41, 5.74) is 10.8. The molecule has 2 heteroatoms. The fourth-order valence-electron chi connectivity index (χ4n) is 7.47. The number of fused-ring (bicyclic) bond motifs is 6. The van der Waals surface area contributed by atoms with E-state index < -0.39 is 0 Å². The van der Waals surface area contributed by atoms with Crippen LogP contribution in [0, 0.1) is 0 Å². The standard InChI is InChI=1S/C46H28O2/c1-3-12-30(13-4-1)41-26-33-27-43-40(28-42(33)47-41)39-21-11-20-34(46(39)48-43)29-22-24-32(25-23-29)45-37-18-9-7-16-35(37)44(31-14-5-2-6-15-31)36-17-8-10-19-38(36)45/h1-28H. The summed E-state index contributed by atoms with van der Waals surface area (Å²) in [5.74, 6) is 0.860. The fraction of sp³-hybridized carbons (Fsp3) is 0. The van der Waals surface area contributed by atoms with Gasteiger partial charge in [0.1, 0.15) is 22.5 Å². The van der Waals surface area contributed by atoms with Crippen LogP contribution in [-0.4, -0.2) is 0 Å². The van der Waals surface area contributed by atoms with Crippen molar-refractivity contribution in [1.82, 2.24) is 0 Å². The molecule has 0 aliphatic carbocycles. The zero-order valence-electron chi connectivity index (χ0n) is 26.0. The van der Waals surface area contributed by atoms with Gasteiger partial charge in [0.25, 0.3) is 0 Å². The van der Waals surface area contributed by atoms with Crippen molar-refractivity contribution in [3.63, 3.8) is 0 Å². The Morgan fingerprint density at radius 3 is 1.46 bits per heavy atom. The van der Waals surface area contributed by atoms with E-state index in [-0.39, 0.29) is 0 Å². The van der Waals surface area contributed by atoms with Crippen LogP contribution < -0.4 is 0 Å². The van der Waals surface area contributed by atoms with Crippen molar-refractivity contribution in [2.24, 2.45) is 0 Å². The Morgan fingerprint density at radius 1 is 0.312 bits per heavy atom. The lowest BCUT2D eigenvalue weighted by atomic mass is 9.85. The van der Waals surface area contributed by atoms with Gasteiger partial charge in [-0.05, 0) is 67.6 Å². The molecule has 0 saturated heterocycles. The topological polar surface area (TPSA) is 26.3 Å². The van der Waals surface area contributed by atoms with Gasteiger partial charge >= 0.3 is 0 Å². The Morgan fingerprint density at radius 2 is 0.833 bits per heavy atom. The van der Waals surface area contributed by atoms with E-state index in [1.54, 1.807) is 0 Å². The molecule has 10 aromatic rings. The van der Waals surface area contributed by atoms with Gasteiger partial charge in [-0.25, -0.2) is 0 Å². The molecule has 0 atom stereocenters. The van der Waals surface area contributed by atoms with Gasteiger partial charge in [0.15, 0.2) is 0 Å². The first kappa shape index (κ1) is 26.8. The van der Waals surface area contributed by atoms with Crippen molar-refractivity contribution >= 4 is 54.5 Å². The van der Waals surface area contributed by atoms with Crippen LogP contribution in [0.3, 0.4) is 0 Å².